The average molecular weight is 295 g/mol. The number of amides is 1. The van der Waals surface area contributed by atoms with Crippen molar-refractivity contribution in [2.24, 2.45) is 5.73 Å². The van der Waals surface area contributed by atoms with E-state index in [1.54, 1.807) is 7.05 Å². The van der Waals surface area contributed by atoms with Gasteiger partial charge in [-0.1, -0.05) is 7.43 Å². The molecule has 0 aromatic rings. The number of unbranched alkanes of at least 4 members (excludes halogenated alkanes) is 1. The molecule has 1 unspecified atom stereocenters. The van der Waals surface area contributed by atoms with Crippen LogP contribution in [-0.4, -0.2) is 49.4 Å². The molecule has 0 fully saturated rings. The van der Waals surface area contributed by atoms with E-state index in [9.17, 15) is 14.4 Å². The number of aldehydes is 1. The molecule has 1 amide bonds. The quantitative estimate of drug-likeness (QED) is 0.208. The summed E-state index contributed by atoms with van der Waals surface area (Å²) in [6.07, 6.45) is 3.69. The lowest BCUT2D eigenvalue weighted by Gasteiger charge is -2.07. The number of carboxylic acid groups (broad SMARTS) is 1. The van der Waals surface area contributed by atoms with E-state index in [2.05, 4.69) is 10.6 Å². The normalized spacial score (nSPS) is 10.3. The number of hydrogen-bond acceptors (Lipinski definition) is 5. The largest absolute Gasteiger partial charge is 0.481 e. The number of carbonyl (C=O) groups is 3. The second-order valence-corrected chi connectivity index (χ2v) is 3.94. The molecule has 0 heterocycles. The van der Waals surface area contributed by atoms with Crippen LogP contribution < -0.4 is 16.4 Å². The van der Waals surface area contributed by atoms with Crippen molar-refractivity contribution in [3.05, 3.63) is 0 Å². The monoisotopic (exact) mass is 295 g/mol. The highest BCUT2D eigenvalue weighted by Gasteiger charge is 2.02. The molecular weight excluding hydrogens is 266 g/mol. The van der Waals surface area contributed by atoms with Crippen LogP contribution in [0, 0.1) is 0 Å². The Bertz CT molecular complexity index is 260. The number of carboxylic acids is 1. The number of hydrogen-bond donors (Lipinski definition) is 4. The van der Waals surface area contributed by atoms with E-state index in [1.165, 1.54) is 6.92 Å². The molecule has 0 aliphatic rings. The SMILES string of the molecule is CC(=O)NCCCCC(C=O)N[13CH3].[13CH4].[15NH2][13CH2]CC(=O)O. The molecule has 0 rings (SSSR count). The fraction of sp³-hybridized carbons (Fsp3) is 0.769. The minimum atomic E-state index is -0.836. The third-order valence-electron chi connectivity index (χ3n) is 2.21. The smallest absolute Gasteiger partial charge is 0.304 e. The summed E-state index contributed by atoms with van der Waals surface area (Å²) in [5.74, 6) is -0.835. The Kier molecular flexibility index (Phi) is 20.7. The standard InChI is InChI=1S/C9H18N2O2.C3H7NO2.CH4/c1-8(13)11-6-4-3-5-9(7-12)10-2;4-2-1-3(5)6;/h7,9-10H,3-6H2,1-2H3,(H,11,13);1-2,4H2,(H,5,6);1H4/i2+1;2+1,4+1;1+1. The first kappa shape index (κ1) is 23.6. The zero-order chi connectivity index (χ0) is 15.1. The Morgan fingerprint density at radius 1 is 1.35 bits per heavy atom. The van der Waals surface area contributed by atoms with E-state index in [-0.39, 0.29) is 32.3 Å². The van der Waals surface area contributed by atoms with Gasteiger partial charge in [0.15, 0.2) is 0 Å². The van der Waals surface area contributed by atoms with Crippen molar-refractivity contribution >= 4 is 18.2 Å². The van der Waals surface area contributed by atoms with Crippen molar-refractivity contribution in [3.8, 4) is 0 Å². The Balaban J connectivity index is -0.000000352. The highest BCUT2D eigenvalue weighted by atomic mass is 16.4. The third-order valence-corrected chi connectivity index (χ3v) is 2.21. The average Bonchev–Trinajstić information content (AvgIpc) is 2.34. The highest BCUT2D eigenvalue weighted by Crippen LogP contribution is 1.97. The molecule has 0 aromatic carbocycles. The summed E-state index contributed by atoms with van der Waals surface area (Å²) in [5, 5.41) is 13.4. The van der Waals surface area contributed by atoms with E-state index in [0.29, 0.717) is 6.54 Å². The van der Waals surface area contributed by atoms with Crippen molar-refractivity contribution in [1.29, 1.82) is 0 Å². The Morgan fingerprint density at radius 3 is 2.25 bits per heavy atom. The van der Waals surface area contributed by atoms with Crippen LogP contribution >= 0.6 is 0 Å². The molecule has 0 aliphatic heterocycles. The Hall–Kier alpha value is -1.47. The van der Waals surface area contributed by atoms with Gasteiger partial charge >= 0.3 is 5.97 Å². The molecular formula is C13H29N3O4. The third kappa shape index (κ3) is 21.8. The summed E-state index contributed by atoms with van der Waals surface area (Å²) in [6.45, 7) is 2.43. The maximum Gasteiger partial charge on any atom is 0.304 e. The molecule has 7 nitrogen and oxygen atoms in total. The van der Waals surface area contributed by atoms with Crippen LogP contribution in [0.15, 0.2) is 0 Å². The zero-order valence-corrected chi connectivity index (χ0v) is 11.6. The Morgan fingerprint density at radius 2 is 1.95 bits per heavy atom. The minimum absolute atomic E-state index is 0. The first-order chi connectivity index (χ1) is 8.97. The van der Waals surface area contributed by atoms with Crippen LogP contribution in [0.2, 0.25) is 0 Å². The summed E-state index contributed by atoms with van der Waals surface area (Å²) in [4.78, 5) is 30.4. The van der Waals surface area contributed by atoms with Crippen LogP contribution in [0.1, 0.15) is 40.0 Å². The van der Waals surface area contributed by atoms with Gasteiger partial charge in [0.1, 0.15) is 6.29 Å². The number of nitrogens with two attached hydrogens (primary N) is 1. The van der Waals surface area contributed by atoms with Gasteiger partial charge in [-0.05, 0) is 26.3 Å². The van der Waals surface area contributed by atoms with Gasteiger partial charge in [0.05, 0.1) is 12.5 Å². The summed E-state index contributed by atoms with van der Waals surface area (Å²) >= 11 is 0. The summed E-state index contributed by atoms with van der Waals surface area (Å²) in [7, 11) is 1.77. The maximum atomic E-state index is 10.5. The first-order valence-electron chi connectivity index (χ1n) is 6.26. The Labute approximate surface area is 121 Å². The molecule has 0 aromatic heterocycles. The predicted octanol–water partition coefficient (Wildman–Crippen LogP) is 0.136. The van der Waals surface area contributed by atoms with Gasteiger partial charge in [0.2, 0.25) is 5.91 Å². The second-order valence-electron chi connectivity index (χ2n) is 3.94. The molecule has 1 atom stereocenters. The van der Waals surface area contributed by atoms with Crippen molar-refractivity contribution in [2.45, 2.75) is 46.1 Å². The molecule has 120 valence electrons. The number of aliphatic carboxylic acids is 1. The summed E-state index contributed by atoms with van der Waals surface area (Å²) < 4.78 is 0. The molecule has 0 aliphatic carbocycles. The molecule has 0 saturated carbocycles. The van der Waals surface area contributed by atoms with Crippen molar-refractivity contribution < 1.29 is 19.5 Å². The van der Waals surface area contributed by atoms with Gasteiger partial charge in [-0.3, -0.25) is 9.59 Å². The van der Waals surface area contributed by atoms with E-state index in [1.807, 2.05) is 0 Å². The minimum Gasteiger partial charge on any atom is -0.481 e. The highest BCUT2D eigenvalue weighted by molar-refractivity contribution is 5.72. The molecule has 5 N–H and O–H groups in total. The van der Waals surface area contributed by atoms with Gasteiger partial charge in [0, 0.05) is 20.0 Å². The van der Waals surface area contributed by atoms with Crippen LogP contribution in [0.4, 0.5) is 0 Å². The lowest BCUT2D eigenvalue weighted by atomic mass is 10.1. The molecule has 0 bridgehead atoms. The lowest BCUT2D eigenvalue weighted by molar-refractivity contribution is -0.136. The van der Waals surface area contributed by atoms with Gasteiger partial charge in [-0.2, -0.15) is 0 Å². The summed E-state index contributed by atoms with van der Waals surface area (Å²) in [5.41, 5.74) is 4.85. The second kappa shape index (κ2) is 17.5. The van der Waals surface area contributed by atoms with E-state index < -0.39 is 5.97 Å². The molecule has 20 heavy (non-hydrogen) atoms. The number of nitrogens with one attached hydrogen (secondary N) is 2. The molecule has 0 spiro atoms. The predicted molar refractivity (Wildman–Crippen MR) is 79.5 cm³/mol. The van der Waals surface area contributed by atoms with E-state index in [4.69, 9.17) is 10.8 Å². The van der Waals surface area contributed by atoms with Gasteiger partial charge in [-0.25, -0.2) is 0 Å². The molecule has 0 radical (unpaired) electrons. The van der Waals surface area contributed by atoms with Gasteiger partial charge in [-0.15, -0.1) is 0 Å². The molecule has 0 saturated heterocycles. The number of likely N-dealkylation sites (N-methyl/N-ethyl adjacent to an activating group) is 1. The summed E-state index contributed by atoms with van der Waals surface area (Å²) in [6, 6.07) is -0.0441. The van der Waals surface area contributed by atoms with Gasteiger partial charge in [0.25, 0.3) is 0 Å². The fourth-order valence-corrected chi connectivity index (χ4v) is 1.16. The number of carbonyl (C=O) groups excluding carboxylic acids is 2. The maximum absolute atomic E-state index is 10.5. The first-order valence-corrected chi connectivity index (χ1v) is 6.26. The van der Waals surface area contributed by atoms with Crippen LogP contribution in [0.3, 0.4) is 0 Å². The van der Waals surface area contributed by atoms with Crippen molar-refractivity contribution in [3.63, 3.8) is 0 Å². The zero-order valence-electron chi connectivity index (χ0n) is 11.6. The molecule has 7 heteroatoms. The van der Waals surface area contributed by atoms with Crippen molar-refractivity contribution in [2.75, 3.05) is 20.1 Å². The van der Waals surface area contributed by atoms with Crippen molar-refractivity contribution in [1.82, 2.24) is 10.6 Å². The van der Waals surface area contributed by atoms with E-state index >= 15 is 0 Å². The number of rotatable bonds is 9. The van der Waals surface area contributed by atoms with E-state index in [0.717, 1.165) is 25.5 Å². The van der Waals surface area contributed by atoms with Gasteiger partial charge < -0.3 is 26.3 Å². The van der Waals surface area contributed by atoms with Crippen LogP contribution in [0.5, 0.6) is 0 Å². The fourth-order valence-electron chi connectivity index (χ4n) is 1.16. The van der Waals surface area contributed by atoms with Crippen LogP contribution in [0.25, 0.3) is 0 Å². The van der Waals surface area contributed by atoms with Crippen LogP contribution in [-0.2, 0) is 14.4 Å². The topological polar surface area (TPSA) is 122 Å². The lowest BCUT2D eigenvalue weighted by Crippen LogP contribution is -2.27.